The molecule has 0 saturated heterocycles. The number of rotatable bonds is 12. The van der Waals surface area contributed by atoms with E-state index in [0.29, 0.717) is 52.8 Å². The number of ether oxygens (including phenoxy) is 3. The molecule has 0 spiro atoms. The van der Waals surface area contributed by atoms with Crippen molar-refractivity contribution in [2.24, 2.45) is 0 Å². The van der Waals surface area contributed by atoms with Gasteiger partial charge in [0.1, 0.15) is 39.7 Å². The minimum atomic E-state index is -5.63. The maximum Gasteiger partial charge on any atom is 1.00 e. The SMILES string of the molecule is COC(=O)c1c(-c2ccc(OC)c(Br)c2)oc2c(Br)cc(/C=C(OS(=O)(=O)[O-])/C(=C/c3cc(Br)c4oc(-c5ccc(OC)c(Br)c5)cc4c3)OS(=O)(=O)[O-])cc12.[Na+].[Na+]. The molecule has 0 unspecified atom stereocenters. The van der Waals surface area contributed by atoms with Crippen molar-refractivity contribution >= 4 is 125 Å². The van der Waals surface area contributed by atoms with Crippen LogP contribution in [-0.4, -0.2) is 53.2 Å². The Morgan fingerprint density at radius 2 is 1.14 bits per heavy atom. The van der Waals surface area contributed by atoms with E-state index in [-0.39, 0.29) is 97.0 Å². The Bertz CT molecular complexity index is 2850. The number of benzene rings is 4. The number of furan rings is 2. The molecule has 0 atom stereocenters. The van der Waals surface area contributed by atoms with Crippen LogP contribution in [-0.2, 0) is 33.9 Å². The maximum absolute atomic E-state index is 13.2. The van der Waals surface area contributed by atoms with Crippen molar-refractivity contribution in [3.8, 4) is 34.1 Å². The molecule has 0 aliphatic carbocycles. The molecule has 58 heavy (non-hydrogen) atoms. The number of carbonyl (C=O) groups is 1. The summed E-state index contributed by atoms with van der Waals surface area (Å²) in [7, 11) is -7.07. The first-order chi connectivity index (χ1) is 26.4. The Morgan fingerprint density at radius 3 is 1.64 bits per heavy atom. The van der Waals surface area contributed by atoms with Crippen LogP contribution in [0.4, 0.5) is 0 Å². The summed E-state index contributed by atoms with van der Waals surface area (Å²) in [6, 6.07) is 17.6. The van der Waals surface area contributed by atoms with E-state index in [1.165, 1.54) is 38.5 Å². The molecule has 0 bridgehead atoms. The number of hydrogen-bond donors (Lipinski definition) is 0. The number of esters is 1. The standard InChI is InChI=1S/C36H24Br4O14S2.2Na/c1-48-27-6-4-19(14-23(27)37)29-16-21-8-17(10-25(39)33(21)51-29)12-30(53-55(42,43)44)31(54-56(45,46)47)13-18-9-22-32(36(41)50-3)34(52-35(22)26(40)11-18)20-5-7-28(49-2)24(38)15-20;;/h4-16H,1-3H3,(H,42,43,44)(H,45,46,47);;/q;2*+1/p-2/b30-12-,31-13-;;. The largest absolute Gasteiger partial charge is 1.00 e. The van der Waals surface area contributed by atoms with E-state index in [2.05, 4.69) is 72.1 Å². The van der Waals surface area contributed by atoms with E-state index < -0.39 is 38.3 Å². The minimum Gasteiger partial charge on any atom is -0.716 e. The fraction of sp³-hybridized carbons (Fsp3) is 0.0833. The zero-order chi connectivity index (χ0) is 40.7. The number of carbonyl (C=O) groups excluding carboxylic acids is 1. The molecule has 0 amide bonds. The molecule has 14 nitrogen and oxygen atoms in total. The van der Waals surface area contributed by atoms with Gasteiger partial charge in [-0.15, -0.1) is 0 Å². The van der Waals surface area contributed by atoms with E-state index in [1.807, 2.05) is 0 Å². The van der Waals surface area contributed by atoms with Crippen LogP contribution in [0.15, 0.2) is 105 Å². The molecule has 0 radical (unpaired) electrons. The van der Waals surface area contributed by atoms with E-state index in [9.17, 15) is 30.7 Å². The number of fused-ring (bicyclic) bond motifs is 2. The second-order valence-corrected chi connectivity index (χ2v) is 16.8. The van der Waals surface area contributed by atoms with Crippen LogP contribution in [0.5, 0.6) is 11.5 Å². The summed E-state index contributed by atoms with van der Waals surface area (Å²) in [5.41, 5.74) is 1.82. The Hall–Kier alpha value is -2.15. The van der Waals surface area contributed by atoms with Crippen molar-refractivity contribution in [2.45, 2.75) is 0 Å². The molecule has 0 fully saturated rings. The van der Waals surface area contributed by atoms with Crippen LogP contribution in [0, 0.1) is 0 Å². The van der Waals surface area contributed by atoms with Gasteiger partial charge in [0, 0.05) is 21.9 Å². The van der Waals surface area contributed by atoms with Gasteiger partial charge in [-0.2, -0.15) is 0 Å². The summed E-state index contributed by atoms with van der Waals surface area (Å²) in [6.45, 7) is 0. The Kier molecular flexibility index (Phi) is 16.5. The first-order valence-corrected chi connectivity index (χ1v) is 21.2. The summed E-state index contributed by atoms with van der Waals surface area (Å²) in [5, 5.41) is 0.643. The molecule has 0 aliphatic heterocycles. The normalized spacial score (nSPS) is 12.2. The maximum atomic E-state index is 13.2. The second-order valence-electron chi connectivity index (χ2n) is 11.4. The van der Waals surface area contributed by atoms with Gasteiger partial charge in [0.25, 0.3) is 20.8 Å². The Balaban J connectivity index is 0.00000372. The summed E-state index contributed by atoms with van der Waals surface area (Å²) in [4.78, 5) is 13.2. The van der Waals surface area contributed by atoms with Crippen LogP contribution in [0.3, 0.4) is 0 Å². The van der Waals surface area contributed by atoms with Gasteiger partial charge in [-0.25, -0.2) is 21.6 Å². The monoisotopic (exact) mass is 1100 g/mol. The van der Waals surface area contributed by atoms with Crippen LogP contribution in [0.1, 0.15) is 21.5 Å². The molecule has 0 saturated carbocycles. The van der Waals surface area contributed by atoms with Crippen molar-refractivity contribution in [2.75, 3.05) is 21.3 Å². The second kappa shape index (κ2) is 19.7. The topological polar surface area (TPSA) is 204 Å². The van der Waals surface area contributed by atoms with Crippen LogP contribution < -0.4 is 68.6 Å². The predicted molar refractivity (Wildman–Crippen MR) is 216 cm³/mol. The molecule has 6 aromatic rings. The summed E-state index contributed by atoms with van der Waals surface area (Å²) < 4.78 is 111. The number of methoxy groups -OCH3 is 3. The first-order valence-electron chi connectivity index (χ1n) is 15.4. The summed E-state index contributed by atoms with van der Waals surface area (Å²) >= 11 is 13.7. The van der Waals surface area contributed by atoms with Gasteiger partial charge in [-0.05, 0) is 154 Å². The number of halogens is 4. The van der Waals surface area contributed by atoms with Gasteiger partial charge in [0.15, 0.2) is 11.5 Å². The molecule has 22 heteroatoms. The predicted octanol–water partition coefficient (Wildman–Crippen LogP) is 3.71. The van der Waals surface area contributed by atoms with Crippen molar-refractivity contribution in [3.63, 3.8) is 0 Å². The fourth-order valence-electron chi connectivity index (χ4n) is 5.55. The average Bonchev–Trinajstić information content (AvgIpc) is 3.73. The van der Waals surface area contributed by atoms with Crippen molar-refractivity contribution in [1.82, 2.24) is 0 Å². The van der Waals surface area contributed by atoms with Crippen LogP contribution in [0.25, 0.3) is 56.7 Å². The minimum absolute atomic E-state index is 0. The third-order valence-corrected chi connectivity index (χ3v) is 11.0. The zero-order valence-corrected chi connectivity index (χ0v) is 42.5. The van der Waals surface area contributed by atoms with Gasteiger partial charge < -0.3 is 40.5 Å². The van der Waals surface area contributed by atoms with E-state index >= 15 is 0 Å². The summed E-state index contributed by atoms with van der Waals surface area (Å²) in [5.74, 6) is -1.14. The molecule has 292 valence electrons. The molecule has 6 rings (SSSR count). The first kappa shape index (κ1) is 48.5. The van der Waals surface area contributed by atoms with E-state index in [1.54, 1.807) is 42.5 Å². The Labute approximate surface area is 409 Å². The molecular formula is C36H22Br4Na2O14S2. The average molecular weight is 1110 g/mol. The van der Waals surface area contributed by atoms with Crippen molar-refractivity contribution in [3.05, 3.63) is 113 Å². The van der Waals surface area contributed by atoms with E-state index in [4.69, 9.17) is 23.0 Å². The fourth-order valence-corrected chi connectivity index (χ4v) is 8.47. The molecule has 0 N–H and O–H groups in total. The molecule has 2 aromatic heterocycles. The van der Waals surface area contributed by atoms with Crippen LogP contribution in [0.2, 0.25) is 0 Å². The molecular weight excluding hydrogens is 1090 g/mol. The molecule has 4 aromatic carbocycles. The third-order valence-electron chi connectivity index (χ3n) is 7.82. The van der Waals surface area contributed by atoms with Gasteiger partial charge in [-0.3, -0.25) is 0 Å². The van der Waals surface area contributed by atoms with Crippen molar-refractivity contribution in [1.29, 1.82) is 0 Å². The third kappa shape index (κ3) is 11.2. The van der Waals surface area contributed by atoms with Gasteiger partial charge in [-0.1, -0.05) is 0 Å². The van der Waals surface area contributed by atoms with Gasteiger partial charge >= 0.3 is 65.1 Å². The smallest absolute Gasteiger partial charge is 0.716 e. The zero-order valence-electron chi connectivity index (χ0n) is 30.5. The van der Waals surface area contributed by atoms with Gasteiger partial charge in [0.2, 0.25) is 0 Å². The Morgan fingerprint density at radius 1 is 0.638 bits per heavy atom. The molecule has 2 heterocycles. The number of hydrogen-bond acceptors (Lipinski definition) is 14. The van der Waals surface area contributed by atoms with E-state index in [0.717, 1.165) is 19.3 Å². The quantitative estimate of drug-likeness (QED) is 0.0429. The molecule has 0 aliphatic rings. The summed E-state index contributed by atoms with van der Waals surface area (Å²) in [6.07, 6.45) is 1.89. The van der Waals surface area contributed by atoms with Gasteiger partial charge in [0.05, 0.1) is 39.2 Å². The van der Waals surface area contributed by atoms with Crippen molar-refractivity contribution < 1.29 is 121 Å². The van der Waals surface area contributed by atoms with Crippen LogP contribution >= 0.6 is 63.7 Å².